The second kappa shape index (κ2) is 6.51. The Morgan fingerprint density at radius 3 is 2.23 bits per heavy atom. The van der Waals surface area contributed by atoms with Gasteiger partial charge < -0.3 is 14.0 Å². The highest BCUT2D eigenvalue weighted by atomic mass is 19.3. The van der Waals surface area contributed by atoms with E-state index in [1.807, 2.05) is 27.7 Å². The molecular formula is C19H24BF2NO3. The molecule has 1 heterocycles. The minimum atomic E-state index is -2.60. The molecule has 0 radical (unpaired) electrons. The second-order valence-corrected chi connectivity index (χ2v) is 8.13. The molecule has 0 bridgehead atoms. The van der Waals surface area contributed by atoms with Crippen molar-refractivity contribution in [2.24, 2.45) is 0 Å². The van der Waals surface area contributed by atoms with Crippen LogP contribution in [-0.2, 0) is 9.31 Å². The molecule has 1 saturated heterocycles. The quantitative estimate of drug-likeness (QED) is 0.767. The maximum absolute atomic E-state index is 13.3. The Bertz CT molecular complexity index is 704. The summed E-state index contributed by atoms with van der Waals surface area (Å²) in [5.41, 5.74) is 0.164. The van der Waals surface area contributed by atoms with Crippen molar-refractivity contribution in [3.05, 3.63) is 23.8 Å². The molecule has 0 atom stereocenters. The normalized spacial score (nSPS) is 24.3. The Hall–Kier alpha value is -1.65. The van der Waals surface area contributed by atoms with Crippen LogP contribution in [0.1, 0.15) is 58.9 Å². The number of hydrogen-bond donors (Lipinski definition) is 0. The van der Waals surface area contributed by atoms with Crippen molar-refractivity contribution in [3.63, 3.8) is 0 Å². The van der Waals surface area contributed by atoms with Gasteiger partial charge in [0, 0.05) is 12.8 Å². The van der Waals surface area contributed by atoms with Crippen molar-refractivity contribution in [1.29, 1.82) is 5.26 Å². The monoisotopic (exact) mass is 363 g/mol. The van der Waals surface area contributed by atoms with E-state index < -0.39 is 24.2 Å². The summed E-state index contributed by atoms with van der Waals surface area (Å²) in [7, 11) is -0.561. The van der Waals surface area contributed by atoms with E-state index in [0.717, 1.165) is 5.46 Å². The topological polar surface area (TPSA) is 51.5 Å². The van der Waals surface area contributed by atoms with Crippen LogP contribution in [0, 0.1) is 11.3 Å². The molecule has 1 saturated carbocycles. The van der Waals surface area contributed by atoms with Gasteiger partial charge in [-0.05, 0) is 58.1 Å². The maximum Gasteiger partial charge on any atom is 0.494 e. The van der Waals surface area contributed by atoms with Crippen LogP contribution < -0.4 is 10.2 Å². The number of nitrogens with zero attached hydrogens (tertiary/aromatic N) is 1. The zero-order valence-electron chi connectivity index (χ0n) is 15.6. The number of benzene rings is 1. The molecule has 0 unspecified atom stereocenters. The van der Waals surface area contributed by atoms with Crippen LogP contribution in [0.4, 0.5) is 8.78 Å². The Kier molecular flexibility index (Phi) is 4.79. The predicted molar refractivity (Wildman–Crippen MR) is 94.7 cm³/mol. The number of rotatable bonds is 3. The van der Waals surface area contributed by atoms with Gasteiger partial charge in [0.05, 0.1) is 22.9 Å². The average molecular weight is 363 g/mol. The largest absolute Gasteiger partial charge is 0.494 e. The molecule has 2 aliphatic rings. The predicted octanol–water partition coefficient (Wildman–Crippen LogP) is 3.81. The van der Waals surface area contributed by atoms with Gasteiger partial charge in [0.15, 0.2) is 0 Å². The molecule has 1 aliphatic carbocycles. The molecule has 26 heavy (non-hydrogen) atoms. The van der Waals surface area contributed by atoms with Crippen molar-refractivity contribution < 1.29 is 22.8 Å². The standard InChI is InChI=1S/C19H24BF2NO3/c1-17(2)18(3,4)26-20(25-17)14-5-6-16(13(11-14)12-23)24-15-7-9-19(21,22)10-8-15/h5-6,11,15H,7-10H2,1-4H3. The first kappa shape index (κ1) is 19.1. The molecule has 1 aliphatic heterocycles. The van der Waals surface area contributed by atoms with Crippen molar-refractivity contribution in [2.45, 2.75) is 76.6 Å². The Balaban J connectivity index is 1.74. The van der Waals surface area contributed by atoms with Crippen LogP contribution in [0.15, 0.2) is 18.2 Å². The number of hydrogen-bond acceptors (Lipinski definition) is 4. The van der Waals surface area contributed by atoms with Gasteiger partial charge in [-0.25, -0.2) is 8.78 Å². The molecule has 140 valence electrons. The highest BCUT2D eigenvalue weighted by Gasteiger charge is 2.51. The van der Waals surface area contributed by atoms with Gasteiger partial charge in [-0.1, -0.05) is 6.07 Å². The first-order chi connectivity index (χ1) is 12.0. The van der Waals surface area contributed by atoms with Gasteiger partial charge in [-0.15, -0.1) is 0 Å². The molecule has 0 spiro atoms. The summed E-state index contributed by atoms with van der Waals surface area (Å²) in [6, 6.07) is 7.31. The molecular weight excluding hydrogens is 339 g/mol. The molecule has 0 N–H and O–H groups in total. The van der Waals surface area contributed by atoms with Gasteiger partial charge in [0.2, 0.25) is 5.92 Å². The lowest BCUT2D eigenvalue weighted by atomic mass is 9.78. The Morgan fingerprint density at radius 2 is 1.69 bits per heavy atom. The summed E-state index contributed by atoms with van der Waals surface area (Å²) in [5.74, 6) is -2.18. The Labute approximate surface area is 153 Å². The van der Waals surface area contributed by atoms with E-state index in [2.05, 4.69) is 6.07 Å². The lowest BCUT2D eigenvalue weighted by Gasteiger charge is -2.32. The third kappa shape index (κ3) is 3.72. The van der Waals surface area contributed by atoms with Gasteiger partial charge in [0.25, 0.3) is 0 Å². The zero-order valence-corrected chi connectivity index (χ0v) is 15.6. The van der Waals surface area contributed by atoms with E-state index in [0.29, 0.717) is 11.3 Å². The fourth-order valence-corrected chi connectivity index (χ4v) is 3.17. The first-order valence-corrected chi connectivity index (χ1v) is 8.97. The number of nitriles is 1. The molecule has 2 fully saturated rings. The van der Waals surface area contributed by atoms with Crippen molar-refractivity contribution >= 4 is 12.6 Å². The average Bonchev–Trinajstić information content (AvgIpc) is 2.77. The highest BCUT2D eigenvalue weighted by Crippen LogP contribution is 2.37. The van der Waals surface area contributed by atoms with Gasteiger partial charge in [-0.2, -0.15) is 5.26 Å². The molecule has 0 amide bonds. The van der Waals surface area contributed by atoms with Crippen LogP contribution in [0.25, 0.3) is 0 Å². The van der Waals surface area contributed by atoms with E-state index in [-0.39, 0.29) is 31.8 Å². The van der Waals surface area contributed by atoms with E-state index in [9.17, 15) is 14.0 Å². The van der Waals surface area contributed by atoms with Crippen molar-refractivity contribution in [3.8, 4) is 11.8 Å². The second-order valence-electron chi connectivity index (χ2n) is 8.13. The summed E-state index contributed by atoms with van der Waals surface area (Å²) in [6.07, 6.45) is -0.0606. The van der Waals surface area contributed by atoms with Gasteiger partial charge in [0.1, 0.15) is 11.8 Å². The van der Waals surface area contributed by atoms with Gasteiger partial charge >= 0.3 is 7.12 Å². The summed E-state index contributed by atoms with van der Waals surface area (Å²) in [5, 5.41) is 9.47. The summed E-state index contributed by atoms with van der Waals surface area (Å²) in [4.78, 5) is 0. The van der Waals surface area contributed by atoms with E-state index in [1.54, 1.807) is 18.2 Å². The SMILES string of the molecule is CC1(C)OB(c2ccc(OC3CCC(F)(F)CC3)c(C#N)c2)OC1(C)C. The first-order valence-electron chi connectivity index (χ1n) is 8.97. The van der Waals surface area contributed by atoms with E-state index >= 15 is 0 Å². The molecule has 4 nitrogen and oxygen atoms in total. The van der Waals surface area contributed by atoms with Crippen molar-refractivity contribution in [2.75, 3.05) is 0 Å². The third-order valence-corrected chi connectivity index (χ3v) is 5.61. The van der Waals surface area contributed by atoms with Gasteiger partial charge in [-0.3, -0.25) is 0 Å². The summed E-state index contributed by atoms with van der Waals surface area (Å²) >= 11 is 0. The molecule has 3 rings (SSSR count). The number of halogens is 2. The van der Waals surface area contributed by atoms with E-state index in [4.69, 9.17) is 14.0 Å². The molecule has 0 aromatic heterocycles. The zero-order chi connectivity index (χ0) is 19.2. The van der Waals surface area contributed by atoms with Crippen molar-refractivity contribution in [1.82, 2.24) is 0 Å². The van der Waals surface area contributed by atoms with E-state index in [1.165, 1.54) is 0 Å². The lowest BCUT2D eigenvalue weighted by molar-refractivity contribution is -0.0582. The number of alkyl halides is 2. The van der Waals surface area contributed by atoms with Crippen LogP contribution in [0.2, 0.25) is 0 Å². The fraction of sp³-hybridized carbons (Fsp3) is 0.632. The van der Waals surface area contributed by atoms with Crippen LogP contribution in [0.5, 0.6) is 5.75 Å². The lowest BCUT2D eigenvalue weighted by Crippen LogP contribution is -2.41. The summed E-state index contributed by atoms with van der Waals surface area (Å²) < 4.78 is 44.4. The minimum absolute atomic E-state index is 0.175. The number of ether oxygens (including phenoxy) is 1. The summed E-state index contributed by atoms with van der Waals surface area (Å²) in [6.45, 7) is 7.87. The molecule has 1 aromatic carbocycles. The Morgan fingerprint density at radius 1 is 1.12 bits per heavy atom. The molecule has 1 aromatic rings. The maximum atomic E-state index is 13.3. The highest BCUT2D eigenvalue weighted by molar-refractivity contribution is 6.62. The van der Waals surface area contributed by atoms with Crippen LogP contribution >= 0.6 is 0 Å². The van der Waals surface area contributed by atoms with Crippen LogP contribution in [-0.4, -0.2) is 30.3 Å². The third-order valence-electron chi connectivity index (χ3n) is 5.61. The van der Waals surface area contributed by atoms with Crippen LogP contribution in [0.3, 0.4) is 0 Å². The minimum Gasteiger partial charge on any atom is -0.489 e. The fourth-order valence-electron chi connectivity index (χ4n) is 3.17. The molecule has 7 heteroatoms. The smallest absolute Gasteiger partial charge is 0.489 e.